The first kappa shape index (κ1) is 28.0. The second kappa shape index (κ2) is 12.1. The maximum Gasteiger partial charge on any atom is 0.260 e. The van der Waals surface area contributed by atoms with Crippen LogP contribution in [0.25, 0.3) is 10.2 Å². The highest BCUT2D eigenvalue weighted by molar-refractivity contribution is 9.10. The minimum Gasteiger partial charge on any atom is -0.309 e. The number of carbonyl (C=O) groups excluding carboxylic acids is 1. The van der Waals surface area contributed by atoms with E-state index >= 15 is 0 Å². The zero-order valence-corrected chi connectivity index (χ0v) is 23.9. The smallest absolute Gasteiger partial charge is 0.260 e. The molecule has 1 amide bonds. The summed E-state index contributed by atoms with van der Waals surface area (Å²) in [5.74, 6) is -0.182. The van der Waals surface area contributed by atoms with E-state index in [2.05, 4.69) is 20.8 Å². The number of aromatic nitrogens is 1. The Kier molecular flexibility index (Phi) is 9.70. The number of halogens is 2. The van der Waals surface area contributed by atoms with Crippen LogP contribution in [0.1, 0.15) is 36.0 Å². The molecule has 1 aliphatic rings. The van der Waals surface area contributed by atoms with Crippen molar-refractivity contribution in [2.24, 2.45) is 0 Å². The summed E-state index contributed by atoms with van der Waals surface area (Å²) >= 11 is 4.97. The maximum absolute atomic E-state index is 13.5. The van der Waals surface area contributed by atoms with Gasteiger partial charge in [0.05, 0.1) is 15.1 Å². The number of nitrogens with zero attached hydrogens (tertiary/aromatic N) is 4. The molecule has 4 rings (SSSR count). The van der Waals surface area contributed by atoms with Gasteiger partial charge in [-0.3, -0.25) is 9.69 Å². The zero-order chi connectivity index (χ0) is 24.3. The highest BCUT2D eigenvalue weighted by Crippen LogP contribution is 2.32. The molecular formula is C24H30BrClN4O3S2. The topological polar surface area (TPSA) is 73.8 Å². The third-order valence-corrected chi connectivity index (χ3v) is 9.30. The maximum atomic E-state index is 13.5. The van der Waals surface area contributed by atoms with Crippen molar-refractivity contribution in [1.82, 2.24) is 14.2 Å². The number of sulfonamides is 1. The summed E-state index contributed by atoms with van der Waals surface area (Å²) in [6.07, 6.45) is 3.62. The van der Waals surface area contributed by atoms with E-state index in [1.165, 1.54) is 11.3 Å². The highest BCUT2D eigenvalue weighted by Gasteiger charge is 2.27. The molecule has 190 valence electrons. The summed E-state index contributed by atoms with van der Waals surface area (Å²) in [6.45, 7) is 2.46. The molecule has 0 atom stereocenters. The molecule has 1 fully saturated rings. The number of hydrogen-bond donors (Lipinski definition) is 0. The number of rotatable bonds is 8. The lowest BCUT2D eigenvalue weighted by atomic mass is 10.2. The Balaban J connectivity index is 0.00000342. The first-order chi connectivity index (χ1) is 16.3. The molecule has 0 saturated carbocycles. The van der Waals surface area contributed by atoms with Crippen LogP contribution in [0.5, 0.6) is 0 Å². The van der Waals surface area contributed by atoms with Gasteiger partial charge in [0.1, 0.15) is 0 Å². The monoisotopic (exact) mass is 600 g/mol. The summed E-state index contributed by atoms with van der Waals surface area (Å²) in [5.41, 5.74) is 1.29. The average Bonchev–Trinajstić information content (AvgIpc) is 3.24. The lowest BCUT2D eigenvalue weighted by molar-refractivity contribution is 0.0986. The molecule has 0 spiro atoms. The standard InChI is InChI=1S/C24H29BrN4O3S2.ClH/c1-27(2)13-6-16-29(24-26-21-12-9-19(25)17-22(21)33-24)23(30)18-7-10-20(11-8-18)34(31,32)28-14-4-3-5-15-28;/h7-12,17H,3-6,13-16H2,1-2H3;1H. The Morgan fingerprint density at radius 3 is 2.40 bits per heavy atom. The van der Waals surface area contributed by atoms with Crippen molar-refractivity contribution in [3.63, 3.8) is 0 Å². The van der Waals surface area contributed by atoms with Gasteiger partial charge in [-0.25, -0.2) is 13.4 Å². The third kappa shape index (κ3) is 6.61. The van der Waals surface area contributed by atoms with E-state index in [9.17, 15) is 13.2 Å². The predicted octanol–water partition coefficient (Wildman–Crippen LogP) is 5.25. The normalized spacial score (nSPS) is 14.7. The molecule has 7 nitrogen and oxygen atoms in total. The fourth-order valence-corrected chi connectivity index (χ4v) is 7.07. The van der Waals surface area contributed by atoms with Crippen LogP contribution < -0.4 is 4.90 Å². The number of fused-ring (bicyclic) bond motifs is 1. The first-order valence-electron chi connectivity index (χ1n) is 11.4. The first-order valence-corrected chi connectivity index (χ1v) is 14.4. The molecule has 11 heteroatoms. The number of piperidine rings is 1. The van der Waals surface area contributed by atoms with E-state index in [4.69, 9.17) is 4.98 Å². The summed E-state index contributed by atoms with van der Waals surface area (Å²) in [6, 6.07) is 12.2. The van der Waals surface area contributed by atoms with Crippen LogP contribution in [0.2, 0.25) is 0 Å². The molecule has 0 radical (unpaired) electrons. The van der Waals surface area contributed by atoms with Crippen molar-refractivity contribution in [3.05, 3.63) is 52.5 Å². The summed E-state index contributed by atoms with van der Waals surface area (Å²) < 4.78 is 29.4. The number of benzene rings is 2. The minimum absolute atomic E-state index is 0. The van der Waals surface area contributed by atoms with E-state index in [0.29, 0.717) is 30.3 Å². The van der Waals surface area contributed by atoms with Crippen LogP contribution in [0.3, 0.4) is 0 Å². The van der Waals surface area contributed by atoms with Crippen LogP contribution in [-0.4, -0.2) is 68.8 Å². The van der Waals surface area contributed by atoms with Gasteiger partial charge in [-0.1, -0.05) is 33.7 Å². The van der Waals surface area contributed by atoms with Gasteiger partial charge in [0, 0.05) is 29.7 Å². The number of carbonyl (C=O) groups is 1. The van der Waals surface area contributed by atoms with Crippen molar-refractivity contribution in [3.8, 4) is 0 Å². The Hall–Kier alpha value is -1.56. The van der Waals surface area contributed by atoms with Crippen LogP contribution in [-0.2, 0) is 10.0 Å². The molecule has 2 aromatic carbocycles. The van der Waals surface area contributed by atoms with E-state index in [1.54, 1.807) is 33.5 Å². The van der Waals surface area contributed by atoms with Gasteiger partial charge in [0.15, 0.2) is 5.13 Å². The quantitative estimate of drug-likeness (QED) is 0.353. The van der Waals surface area contributed by atoms with E-state index in [0.717, 1.165) is 46.9 Å². The molecule has 3 aromatic rings. The van der Waals surface area contributed by atoms with Crippen molar-refractivity contribution in [2.45, 2.75) is 30.6 Å². The minimum atomic E-state index is -3.53. The average molecular weight is 602 g/mol. The number of thiazole rings is 1. The summed E-state index contributed by atoms with van der Waals surface area (Å²) in [4.78, 5) is 22.3. The van der Waals surface area contributed by atoms with Gasteiger partial charge in [-0.2, -0.15) is 4.31 Å². The SMILES string of the molecule is CN(C)CCCN(C(=O)c1ccc(S(=O)(=O)N2CCCCC2)cc1)c1nc2ccc(Br)cc2s1.Cl. The highest BCUT2D eigenvalue weighted by atomic mass is 79.9. The van der Waals surface area contributed by atoms with Crippen LogP contribution in [0, 0.1) is 0 Å². The molecule has 1 saturated heterocycles. The van der Waals surface area contributed by atoms with Crippen LogP contribution >= 0.6 is 39.7 Å². The van der Waals surface area contributed by atoms with Gasteiger partial charge in [0.2, 0.25) is 10.0 Å². The number of anilines is 1. The van der Waals surface area contributed by atoms with Crippen molar-refractivity contribution in [1.29, 1.82) is 0 Å². The molecule has 35 heavy (non-hydrogen) atoms. The van der Waals surface area contributed by atoms with Crippen molar-refractivity contribution in [2.75, 3.05) is 45.2 Å². The molecule has 2 heterocycles. The lowest BCUT2D eigenvalue weighted by Crippen LogP contribution is -2.35. The third-order valence-electron chi connectivity index (χ3n) is 5.86. The van der Waals surface area contributed by atoms with Crippen LogP contribution in [0.15, 0.2) is 51.8 Å². The summed E-state index contributed by atoms with van der Waals surface area (Å²) in [5, 5.41) is 0.641. The fourth-order valence-electron chi connectivity index (χ4n) is 4.01. The molecular weight excluding hydrogens is 572 g/mol. The van der Waals surface area contributed by atoms with Gasteiger partial charge in [-0.05, 0) is 82.4 Å². The molecule has 0 N–H and O–H groups in total. The zero-order valence-electron chi connectivity index (χ0n) is 19.8. The van der Waals surface area contributed by atoms with Gasteiger partial charge < -0.3 is 4.90 Å². The Morgan fingerprint density at radius 1 is 1.06 bits per heavy atom. The Bertz CT molecular complexity index is 1260. The predicted molar refractivity (Wildman–Crippen MR) is 148 cm³/mol. The number of amides is 1. The molecule has 1 aromatic heterocycles. The molecule has 0 bridgehead atoms. The molecule has 0 unspecified atom stereocenters. The van der Waals surface area contributed by atoms with Crippen LogP contribution in [0.4, 0.5) is 5.13 Å². The van der Waals surface area contributed by atoms with E-state index in [1.807, 2.05) is 32.3 Å². The lowest BCUT2D eigenvalue weighted by Gasteiger charge is -2.26. The van der Waals surface area contributed by atoms with Gasteiger partial charge in [0.25, 0.3) is 5.91 Å². The molecule has 1 aliphatic heterocycles. The molecule has 0 aliphatic carbocycles. The second-order valence-corrected chi connectivity index (χ2v) is 12.6. The number of hydrogen-bond acceptors (Lipinski definition) is 6. The Labute approximate surface area is 225 Å². The Morgan fingerprint density at radius 2 is 1.74 bits per heavy atom. The summed E-state index contributed by atoms with van der Waals surface area (Å²) in [7, 11) is 0.472. The van der Waals surface area contributed by atoms with E-state index < -0.39 is 10.0 Å². The van der Waals surface area contributed by atoms with Crippen molar-refractivity contribution < 1.29 is 13.2 Å². The largest absolute Gasteiger partial charge is 0.309 e. The second-order valence-electron chi connectivity index (χ2n) is 8.71. The van der Waals surface area contributed by atoms with Crippen molar-refractivity contribution >= 4 is 71.0 Å². The van der Waals surface area contributed by atoms with Gasteiger partial charge in [-0.15, -0.1) is 12.4 Å². The fraction of sp³-hybridized carbons (Fsp3) is 0.417. The van der Waals surface area contributed by atoms with Gasteiger partial charge >= 0.3 is 0 Å². The van der Waals surface area contributed by atoms with E-state index in [-0.39, 0.29) is 23.2 Å².